The van der Waals surface area contributed by atoms with E-state index in [2.05, 4.69) is 34.7 Å². The van der Waals surface area contributed by atoms with Crippen LogP contribution in [0.1, 0.15) is 19.1 Å². The van der Waals surface area contributed by atoms with Gasteiger partial charge >= 0.3 is 0 Å². The predicted octanol–water partition coefficient (Wildman–Crippen LogP) is 3.10. The maximum atomic E-state index is 5.34. The molecule has 0 radical (unpaired) electrons. The first kappa shape index (κ1) is 10.5. The van der Waals surface area contributed by atoms with Gasteiger partial charge in [-0.25, -0.2) is 0 Å². The van der Waals surface area contributed by atoms with Gasteiger partial charge in [0.05, 0.1) is 6.54 Å². The van der Waals surface area contributed by atoms with Crippen LogP contribution in [0.15, 0.2) is 33.9 Å². The molecule has 0 aliphatic heterocycles. The van der Waals surface area contributed by atoms with E-state index in [1.54, 1.807) is 0 Å². The van der Waals surface area contributed by atoms with E-state index < -0.39 is 0 Å². The molecule has 72 valence electrons. The van der Waals surface area contributed by atoms with Gasteiger partial charge in [0.25, 0.3) is 0 Å². The molecule has 1 aromatic rings. The van der Waals surface area contributed by atoms with E-state index in [-0.39, 0.29) is 0 Å². The van der Waals surface area contributed by atoms with Crippen LogP contribution < -0.4 is 5.32 Å². The van der Waals surface area contributed by atoms with E-state index in [0.717, 1.165) is 23.4 Å². The van der Waals surface area contributed by atoms with Crippen LogP contribution in [-0.2, 0) is 6.54 Å². The minimum absolute atomic E-state index is 0.446. The smallest absolute Gasteiger partial charge is 0.169 e. The lowest BCUT2D eigenvalue weighted by Gasteiger charge is -2.09. The Hall–Kier alpha value is -0.540. The minimum Gasteiger partial charge on any atom is -0.453 e. The fourth-order valence-corrected chi connectivity index (χ4v) is 1.39. The van der Waals surface area contributed by atoms with Crippen molar-refractivity contribution in [1.82, 2.24) is 5.32 Å². The number of hydrogen-bond donors (Lipinski definition) is 1. The van der Waals surface area contributed by atoms with Gasteiger partial charge in [-0.15, -0.1) is 6.58 Å². The summed E-state index contributed by atoms with van der Waals surface area (Å²) in [6.45, 7) is 6.58. The topological polar surface area (TPSA) is 25.2 Å². The summed E-state index contributed by atoms with van der Waals surface area (Å²) in [5.41, 5.74) is 0. The van der Waals surface area contributed by atoms with Gasteiger partial charge in [-0.3, -0.25) is 0 Å². The largest absolute Gasteiger partial charge is 0.453 e. The van der Waals surface area contributed by atoms with Crippen LogP contribution in [0, 0.1) is 0 Å². The molecule has 3 heteroatoms. The number of furan rings is 1. The molecular formula is C10H14BrNO. The van der Waals surface area contributed by atoms with Crippen molar-refractivity contribution < 1.29 is 4.42 Å². The second kappa shape index (κ2) is 5.25. The van der Waals surface area contributed by atoms with Crippen molar-refractivity contribution in [2.45, 2.75) is 25.9 Å². The lowest BCUT2D eigenvalue weighted by Crippen LogP contribution is -2.24. The van der Waals surface area contributed by atoms with Crippen molar-refractivity contribution in [2.75, 3.05) is 0 Å². The molecule has 1 aromatic heterocycles. The Morgan fingerprint density at radius 1 is 1.69 bits per heavy atom. The number of hydrogen-bond acceptors (Lipinski definition) is 2. The SMILES string of the molecule is C=CCC(C)NCc1ccc(Br)o1. The molecule has 0 spiro atoms. The molecular weight excluding hydrogens is 230 g/mol. The van der Waals surface area contributed by atoms with E-state index >= 15 is 0 Å². The molecule has 1 heterocycles. The van der Waals surface area contributed by atoms with Crippen LogP contribution in [0.3, 0.4) is 0 Å². The highest BCUT2D eigenvalue weighted by atomic mass is 79.9. The highest BCUT2D eigenvalue weighted by Gasteiger charge is 2.01. The van der Waals surface area contributed by atoms with E-state index in [4.69, 9.17) is 4.42 Å². The zero-order chi connectivity index (χ0) is 9.68. The third kappa shape index (κ3) is 3.79. The van der Waals surface area contributed by atoms with Gasteiger partial charge in [-0.05, 0) is 41.4 Å². The third-order valence-corrected chi connectivity index (χ3v) is 2.20. The van der Waals surface area contributed by atoms with Gasteiger partial charge in [0, 0.05) is 6.04 Å². The summed E-state index contributed by atoms with van der Waals surface area (Å²) in [6.07, 6.45) is 2.89. The maximum absolute atomic E-state index is 5.34. The highest BCUT2D eigenvalue weighted by molar-refractivity contribution is 9.10. The van der Waals surface area contributed by atoms with Crippen LogP contribution in [0.25, 0.3) is 0 Å². The number of nitrogens with one attached hydrogen (secondary N) is 1. The van der Waals surface area contributed by atoms with Gasteiger partial charge in [0.1, 0.15) is 5.76 Å². The fourth-order valence-electron chi connectivity index (χ4n) is 1.05. The molecule has 0 fully saturated rings. The summed E-state index contributed by atoms with van der Waals surface area (Å²) < 4.78 is 6.12. The van der Waals surface area contributed by atoms with Crippen molar-refractivity contribution in [3.05, 3.63) is 35.2 Å². The number of rotatable bonds is 5. The van der Waals surface area contributed by atoms with E-state index in [1.807, 2.05) is 18.2 Å². The van der Waals surface area contributed by atoms with Crippen LogP contribution in [0.5, 0.6) is 0 Å². The molecule has 0 aliphatic carbocycles. The van der Waals surface area contributed by atoms with Crippen molar-refractivity contribution in [1.29, 1.82) is 0 Å². The summed E-state index contributed by atoms with van der Waals surface area (Å²) in [6, 6.07) is 4.30. The Balaban J connectivity index is 2.30. The first-order valence-corrected chi connectivity index (χ1v) is 5.10. The van der Waals surface area contributed by atoms with Crippen LogP contribution in [0.4, 0.5) is 0 Å². The quantitative estimate of drug-likeness (QED) is 0.805. The fraction of sp³-hybridized carbons (Fsp3) is 0.400. The molecule has 1 rings (SSSR count). The Labute approximate surface area is 87.1 Å². The molecule has 1 N–H and O–H groups in total. The lowest BCUT2D eigenvalue weighted by molar-refractivity contribution is 0.443. The van der Waals surface area contributed by atoms with Crippen molar-refractivity contribution in [3.8, 4) is 0 Å². The van der Waals surface area contributed by atoms with Gasteiger partial charge in [-0.2, -0.15) is 0 Å². The molecule has 0 aromatic carbocycles. The Morgan fingerprint density at radius 3 is 3.00 bits per heavy atom. The Bertz CT molecular complexity index is 270. The maximum Gasteiger partial charge on any atom is 0.169 e. The van der Waals surface area contributed by atoms with Gasteiger partial charge < -0.3 is 9.73 Å². The first-order chi connectivity index (χ1) is 6.22. The molecule has 0 bridgehead atoms. The van der Waals surface area contributed by atoms with E-state index in [9.17, 15) is 0 Å². The molecule has 1 atom stereocenters. The zero-order valence-electron chi connectivity index (χ0n) is 7.72. The monoisotopic (exact) mass is 243 g/mol. The number of halogens is 1. The Kier molecular flexibility index (Phi) is 4.25. The Morgan fingerprint density at radius 2 is 2.46 bits per heavy atom. The molecule has 0 saturated heterocycles. The molecule has 13 heavy (non-hydrogen) atoms. The average Bonchev–Trinajstić information content (AvgIpc) is 2.49. The molecule has 2 nitrogen and oxygen atoms in total. The van der Waals surface area contributed by atoms with Crippen molar-refractivity contribution in [2.24, 2.45) is 0 Å². The van der Waals surface area contributed by atoms with Crippen LogP contribution in [-0.4, -0.2) is 6.04 Å². The summed E-state index contributed by atoms with van der Waals surface area (Å²) in [7, 11) is 0. The summed E-state index contributed by atoms with van der Waals surface area (Å²) in [5.74, 6) is 0.947. The minimum atomic E-state index is 0.446. The van der Waals surface area contributed by atoms with Crippen molar-refractivity contribution in [3.63, 3.8) is 0 Å². The average molecular weight is 244 g/mol. The second-order valence-corrected chi connectivity index (χ2v) is 3.79. The van der Waals surface area contributed by atoms with Gasteiger partial charge in [0.15, 0.2) is 4.67 Å². The van der Waals surface area contributed by atoms with Crippen molar-refractivity contribution >= 4 is 15.9 Å². The summed E-state index contributed by atoms with van der Waals surface area (Å²) in [5, 5.41) is 3.33. The van der Waals surface area contributed by atoms with Gasteiger partial charge in [-0.1, -0.05) is 6.08 Å². The van der Waals surface area contributed by atoms with Crippen LogP contribution in [0.2, 0.25) is 0 Å². The van der Waals surface area contributed by atoms with Crippen LogP contribution >= 0.6 is 15.9 Å². The van der Waals surface area contributed by atoms with E-state index in [0.29, 0.717) is 6.04 Å². The normalized spacial score (nSPS) is 12.8. The standard InChI is InChI=1S/C10H14BrNO/c1-3-4-8(2)12-7-9-5-6-10(11)13-9/h3,5-6,8,12H,1,4,7H2,2H3. The molecule has 0 aliphatic rings. The summed E-state index contributed by atoms with van der Waals surface area (Å²) in [4.78, 5) is 0. The third-order valence-electron chi connectivity index (χ3n) is 1.77. The molecule has 1 unspecified atom stereocenters. The molecule has 0 saturated carbocycles. The predicted molar refractivity (Wildman–Crippen MR) is 57.5 cm³/mol. The first-order valence-electron chi connectivity index (χ1n) is 4.31. The lowest BCUT2D eigenvalue weighted by atomic mass is 10.2. The second-order valence-electron chi connectivity index (χ2n) is 3.01. The van der Waals surface area contributed by atoms with E-state index in [1.165, 1.54) is 0 Å². The highest BCUT2D eigenvalue weighted by Crippen LogP contribution is 2.13. The zero-order valence-corrected chi connectivity index (χ0v) is 9.30. The molecule has 0 amide bonds. The van der Waals surface area contributed by atoms with Gasteiger partial charge in [0.2, 0.25) is 0 Å². The summed E-state index contributed by atoms with van der Waals surface area (Å²) >= 11 is 3.26.